The number of aryl methyl sites for hydroxylation is 1. The molecule has 0 saturated carbocycles. The maximum Gasteiger partial charge on any atom is 0.435 e. The van der Waals surface area contributed by atoms with Crippen molar-refractivity contribution in [3.05, 3.63) is 65.9 Å². The van der Waals surface area contributed by atoms with Gasteiger partial charge in [0.15, 0.2) is 5.69 Å². The van der Waals surface area contributed by atoms with E-state index in [1.165, 1.54) is 33.0 Å². The maximum atomic E-state index is 13.4. The first kappa shape index (κ1) is 30.1. The predicted octanol–water partition coefficient (Wildman–Crippen LogP) is 3.81. The molecule has 1 amide bonds. The normalized spacial score (nSPS) is 12.7. The van der Waals surface area contributed by atoms with Crippen LogP contribution in [0.15, 0.2) is 70.0 Å². The highest BCUT2D eigenvalue weighted by atomic mass is 32.2. The number of carbonyl (C=O) groups is 2. The number of nitrogens with one attached hydrogen (secondary N) is 1. The van der Waals surface area contributed by atoms with Crippen LogP contribution in [0.1, 0.15) is 25.1 Å². The van der Waals surface area contributed by atoms with Gasteiger partial charge in [-0.25, -0.2) is 17.8 Å². The minimum atomic E-state index is -4.70. The third kappa shape index (κ3) is 8.02. The van der Waals surface area contributed by atoms with E-state index in [9.17, 15) is 31.2 Å². The Bertz CT molecular complexity index is 1490. The lowest BCUT2D eigenvalue weighted by Crippen LogP contribution is -2.37. The van der Waals surface area contributed by atoms with Gasteiger partial charge in [-0.2, -0.15) is 18.3 Å². The first-order valence-electron chi connectivity index (χ1n) is 11.5. The maximum absolute atomic E-state index is 13.4. The molecule has 1 N–H and O–H groups in total. The zero-order valence-electron chi connectivity index (χ0n) is 21.7. The van der Waals surface area contributed by atoms with Crippen LogP contribution in [0.5, 0.6) is 0 Å². The summed E-state index contributed by atoms with van der Waals surface area (Å²) in [5, 5.41) is 11.5. The number of halogens is 3. The van der Waals surface area contributed by atoms with E-state index >= 15 is 0 Å². The van der Waals surface area contributed by atoms with E-state index < -0.39 is 46.6 Å². The Labute approximate surface area is 227 Å². The summed E-state index contributed by atoms with van der Waals surface area (Å²) in [6, 6.07) is 12.5. The summed E-state index contributed by atoms with van der Waals surface area (Å²) in [7, 11) is -3.02. The van der Waals surface area contributed by atoms with E-state index in [0.29, 0.717) is 5.56 Å². The average molecular weight is 583 g/mol. The molecule has 0 radical (unpaired) electrons. The molecule has 1 unspecified atom stereocenters. The molecule has 1 atom stereocenters. The fourth-order valence-electron chi connectivity index (χ4n) is 3.30. The van der Waals surface area contributed by atoms with Crippen molar-refractivity contribution >= 4 is 21.9 Å². The van der Waals surface area contributed by atoms with Gasteiger partial charge in [-0.05, 0) is 42.5 Å². The Morgan fingerprint density at radius 2 is 1.75 bits per heavy atom. The molecule has 3 aromatic rings. The van der Waals surface area contributed by atoms with E-state index in [2.05, 4.69) is 20.3 Å². The Kier molecular flexibility index (Phi) is 9.13. The molecule has 0 spiro atoms. The predicted molar refractivity (Wildman–Crippen MR) is 134 cm³/mol. The Hall–Kier alpha value is -4.47. The highest BCUT2D eigenvalue weighted by molar-refractivity contribution is 7.90. The third-order valence-corrected chi connectivity index (χ3v) is 6.47. The van der Waals surface area contributed by atoms with Crippen LogP contribution in [0.4, 0.5) is 13.2 Å². The summed E-state index contributed by atoms with van der Waals surface area (Å²) in [5.74, 6) is -1.56. The number of nitrogens with zero attached hydrogens (tertiary/aromatic N) is 5. The van der Waals surface area contributed by atoms with Gasteiger partial charge in [0.25, 0.3) is 22.2 Å². The van der Waals surface area contributed by atoms with Crippen LogP contribution in [0, 0.1) is 6.92 Å². The number of likely N-dealkylation sites (N-methyl/N-ethyl adjacent to an activating group) is 1. The number of aromatic nitrogens is 2. The number of amides is 1. The van der Waals surface area contributed by atoms with Gasteiger partial charge in [-0.15, -0.1) is 0 Å². The lowest BCUT2D eigenvalue weighted by atomic mass is 10.1. The molecule has 2 aromatic carbocycles. The van der Waals surface area contributed by atoms with Crippen LogP contribution < -0.4 is 4.72 Å². The number of rotatable bonds is 10. The molecule has 0 aliphatic carbocycles. The molecule has 0 fully saturated rings. The Morgan fingerprint density at radius 3 is 2.33 bits per heavy atom. The summed E-state index contributed by atoms with van der Waals surface area (Å²) in [5.41, 5.74) is 0.600. The molecule has 40 heavy (non-hydrogen) atoms. The van der Waals surface area contributed by atoms with Gasteiger partial charge in [0.1, 0.15) is 6.54 Å². The van der Waals surface area contributed by atoms with Gasteiger partial charge < -0.3 is 9.57 Å². The fraction of sp³-hybridized carbons (Fsp3) is 0.292. The number of ether oxygens (including phenoxy) is 1. The van der Waals surface area contributed by atoms with E-state index in [4.69, 9.17) is 4.84 Å². The van der Waals surface area contributed by atoms with Gasteiger partial charge in [0.05, 0.1) is 16.3 Å². The molecule has 0 saturated heterocycles. The largest absolute Gasteiger partial charge is 0.435 e. The SMILES string of the molecule is CC(=O)OC(C)O/N=N\N(C)CC(=O)NS(=O)(=O)c1ccc(-n2nc(C(F)(F)F)cc2-c2ccc(C)cc2)cc1. The summed E-state index contributed by atoms with van der Waals surface area (Å²) >= 11 is 0. The quantitative estimate of drug-likeness (QED) is 0.164. The second-order valence-electron chi connectivity index (χ2n) is 8.48. The van der Waals surface area contributed by atoms with Crippen molar-refractivity contribution in [2.75, 3.05) is 13.6 Å². The van der Waals surface area contributed by atoms with E-state index in [-0.39, 0.29) is 16.3 Å². The lowest BCUT2D eigenvalue weighted by molar-refractivity contribution is -0.175. The lowest BCUT2D eigenvalue weighted by Gasteiger charge is -2.13. The topological polar surface area (TPSA) is 145 Å². The van der Waals surface area contributed by atoms with Crippen molar-refractivity contribution in [1.29, 1.82) is 0 Å². The minimum Gasteiger partial charge on any atom is -0.423 e. The minimum absolute atomic E-state index is 0.152. The van der Waals surface area contributed by atoms with Gasteiger partial charge in [0.2, 0.25) is 0 Å². The van der Waals surface area contributed by atoms with Crippen LogP contribution in [-0.4, -0.2) is 55.0 Å². The van der Waals surface area contributed by atoms with Crippen LogP contribution in [-0.2, 0) is 35.4 Å². The number of carbonyl (C=O) groups excluding carboxylic acids is 2. The molecule has 0 aliphatic rings. The summed E-state index contributed by atoms with van der Waals surface area (Å²) in [4.78, 5) is 27.5. The zero-order chi connectivity index (χ0) is 29.7. The fourth-order valence-corrected chi connectivity index (χ4v) is 4.27. The van der Waals surface area contributed by atoms with E-state index in [1.807, 2.05) is 11.6 Å². The van der Waals surface area contributed by atoms with Crippen LogP contribution >= 0.6 is 0 Å². The highest BCUT2D eigenvalue weighted by Crippen LogP contribution is 2.33. The molecule has 3 rings (SSSR count). The molecule has 214 valence electrons. The molecule has 0 bridgehead atoms. The molecular weight excluding hydrogens is 557 g/mol. The van der Waals surface area contributed by atoms with Crippen molar-refractivity contribution < 1.29 is 40.8 Å². The summed E-state index contributed by atoms with van der Waals surface area (Å²) in [6.45, 7) is 3.87. The van der Waals surface area contributed by atoms with Crippen LogP contribution in [0.3, 0.4) is 0 Å². The molecular formula is C24H25F3N6O6S. The number of alkyl halides is 3. The molecule has 16 heteroatoms. The van der Waals surface area contributed by atoms with Gasteiger partial charge in [0, 0.05) is 31.7 Å². The monoisotopic (exact) mass is 582 g/mol. The summed E-state index contributed by atoms with van der Waals surface area (Å²) < 4.78 is 73.2. The molecule has 1 aromatic heterocycles. The first-order chi connectivity index (χ1) is 18.7. The Balaban J connectivity index is 1.74. The first-order valence-corrected chi connectivity index (χ1v) is 13.0. The van der Waals surface area contributed by atoms with Gasteiger partial charge in [-0.1, -0.05) is 29.8 Å². The zero-order valence-corrected chi connectivity index (χ0v) is 22.5. The van der Waals surface area contributed by atoms with E-state index in [0.717, 1.165) is 33.5 Å². The standard InChI is InChI=1S/C24H25F3N6O6S/c1-15-5-7-18(8-6-15)21-13-22(24(25,26)27)28-33(21)19-9-11-20(12-10-19)40(36,37)29-23(35)14-32(4)30-31-39-17(3)38-16(2)34/h5-13,17H,14H2,1-4H3,(H,29,35)/b31-30-. The smallest absolute Gasteiger partial charge is 0.423 e. The summed E-state index contributed by atoms with van der Waals surface area (Å²) in [6.07, 6.45) is -5.72. The molecule has 12 nitrogen and oxygen atoms in total. The van der Waals surface area contributed by atoms with Crippen LogP contribution in [0.2, 0.25) is 0 Å². The molecule has 0 aliphatic heterocycles. The second kappa shape index (κ2) is 12.1. The van der Waals surface area contributed by atoms with Crippen molar-refractivity contribution in [2.24, 2.45) is 10.5 Å². The number of benzene rings is 2. The number of esters is 1. The second-order valence-corrected chi connectivity index (χ2v) is 10.2. The van der Waals surface area contributed by atoms with Gasteiger partial charge in [-0.3, -0.25) is 14.6 Å². The van der Waals surface area contributed by atoms with Crippen molar-refractivity contribution in [3.8, 4) is 16.9 Å². The van der Waals surface area contributed by atoms with Crippen molar-refractivity contribution in [2.45, 2.75) is 38.1 Å². The highest BCUT2D eigenvalue weighted by Gasteiger charge is 2.35. The van der Waals surface area contributed by atoms with Gasteiger partial charge >= 0.3 is 12.1 Å². The Morgan fingerprint density at radius 1 is 1.12 bits per heavy atom. The van der Waals surface area contributed by atoms with E-state index in [1.54, 1.807) is 24.3 Å². The number of sulfonamides is 1. The number of hydrogen-bond acceptors (Lipinski definition) is 9. The average Bonchev–Trinajstić information content (AvgIpc) is 3.30. The number of hydrogen-bond donors (Lipinski definition) is 1. The molecule has 1 heterocycles. The van der Waals surface area contributed by atoms with Crippen molar-refractivity contribution in [1.82, 2.24) is 19.5 Å². The third-order valence-electron chi connectivity index (χ3n) is 5.08. The van der Waals surface area contributed by atoms with Crippen LogP contribution in [0.25, 0.3) is 16.9 Å². The van der Waals surface area contributed by atoms with Crippen molar-refractivity contribution in [3.63, 3.8) is 0 Å².